The predicted octanol–water partition coefficient (Wildman–Crippen LogP) is 5.02. The molecule has 0 aliphatic rings. The van der Waals surface area contributed by atoms with Crippen molar-refractivity contribution in [3.8, 4) is 0 Å². The van der Waals surface area contributed by atoms with Crippen molar-refractivity contribution >= 4 is 0 Å². The summed E-state index contributed by atoms with van der Waals surface area (Å²) in [6, 6.07) is 13.4. The smallest absolute Gasteiger partial charge is 0.00203 e. The van der Waals surface area contributed by atoms with Crippen LogP contribution in [0.25, 0.3) is 0 Å². The maximum absolute atomic E-state index is 2.27. The van der Waals surface area contributed by atoms with Gasteiger partial charge in [-0.1, -0.05) is 50.2 Å². The van der Waals surface area contributed by atoms with Crippen LogP contribution in [-0.2, 0) is 19.3 Å². The molecule has 0 unspecified atom stereocenters. The van der Waals surface area contributed by atoms with E-state index >= 15 is 0 Å². The Balaban J connectivity index is 2.36. The Bertz CT molecular complexity index is 513. The van der Waals surface area contributed by atoms with Crippen molar-refractivity contribution < 1.29 is 0 Å². The van der Waals surface area contributed by atoms with Crippen molar-refractivity contribution in [3.05, 3.63) is 69.8 Å². The van der Waals surface area contributed by atoms with Gasteiger partial charge in [-0.05, 0) is 66.5 Å². The highest BCUT2D eigenvalue weighted by molar-refractivity contribution is 5.41. The zero-order chi connectivity index (χ0) is 13.8. The van der Waals surface area contributed by atoms with Gasteiger partial charge in [0, 0.05) is 0 Å². The molecule has 0 spiro atoms. The van der Waals surface area contributed by atoms with E-state index in [0.717, 1.165) is 19.3 Å². The molecule has 0 saturated carbocycles. The maximum Gasteiger partial charge on any atom is -0.00203 e. The normalized spacial score (nSPS) is 10.7. The molecule has 0 radical (unpaired) electrons. The van der Waals surface area contributed by atoms with Gasteiger partial charge in [0.25, 0.3) is 0 Å². The summed E-state index contributed by atoms with van der Waals surface area (Å²) in [7, 11) is 0. The summed E-state index contributed by atoms with van der Waals surface area (Å²) in [5.74, 6) is 0. The van der Waals surface area contributed by atoms with E-state index in [1.807, 2.05) is 0 Å². The van der Waals surface area contributed by atoms with Crippen LogP contribution in [0.2, 0.25) is 0 Å². The van der Waals surface area contributed by atoms with E-state index in [1.165, 1.54) is 33.4 Å². The highest BCUT2D eigenvalue weighted by Gasteiger charge is 2.07. The first-order valence-corrected chi connectivity index (χ1v) is 7.32. The second-order valence-electron chi connectivity index (χ2n) is 5.29. The van der Waals surface area contributed by atoms with Crippen LogP contribution in [0.3, 0.4) is 0 Å². The first kappa shape index (κ1) is 13.9. The molecule has 0 aliphatic heterocycles. The molecule has 2 aromatic rings. The number of benzene rings is 2. The number of hydrogen-bond donors (Lipinski definition) is 0. The van der Waals surface area contributed by atoms with Crippen molar-refractivity contribution in [1.82, 2.24) is 0 Å². The van der Waals surface area contributed by atoms with Crippen molar-refractivity contribution in [2.45, 2.75) is 47.0 Å². The third-order valence-electron chi connectivity index (χ3n) is 4.26. The van der Waals surface area contributed by atoms with Crippen molar-refractivity contribution in [2.24, 2.45) is 0 Å². The van der Waals surface area contributed by atoms with Gasteiger partial charge in [-0.15, -0.1) is 0 Å². The van der Waals surface area contributed by atoms with Gasteiger partial charge in [0.2, 0.25) is 0 Å². The fourth-order valence-electron chi connectivity index (χ4n) is 2.83. The summed E-state index contributed by atoms with van der Waals surface area (Å²) in [4.78, 5) is 0. The lowest BCUT2D eigenvalue weighted by Gasteiger charge is -2.13. The lowest BCUT2D eigenvalue weighted by molar-refractivity contribution is 1.04. The molecule has 0 heteroatoms. The van der Waals surface area contributed by atoms with Crippen LogP contribution < -0.4 is 0 Å². The van der Waals surface area contributed by atoms with Gasteiger partial charge >= 0.3 is 0 Å². The molecule has 0 saturated heterocycles. The largest absolute Gasteiger partial charge is 0.0617 e. The molecular weight excluding hydrogens is 228 g/mol. The molecule has 0 fully saturated rings. The highest BCUT2D eigenvalue weighted by atomic mass is 14.1. The summed E-state index contributed by atoms with van der Waals surface area (Å²) in [6.45, 7) is 8.98. The van der Waals surface area contributed by atoms with Crippen molar-refractivity contribution in [3.63, 3.8) is 0 Å². The van der Waals surface area contributed by atoms with Gasteiger partial charge in [0.05, 0.1) is 0 Å². The average molecular weight is 252 g/mol. The monoisotopic (exact) mass is 252 g/mol. The molecule has 0 aliphatic carbocycles. The Morgan fingerprint density at radius 3 is 1.37 bits per heavy atom. The fourth-order valence-corrected chi connectivity index (χ4v) is 2.83. The van der Waals surface area contributed by atoms with E-state index in [1.54, 1.807) is 0 Å². The van der Waals surface area contributed by atoms with E-state index < -0.39 is 0 Å². The van der Waals surface area contributed by atoms with Crippen molar-refractivity contribution in [1.29, 1.82) is 0 Å². The number of aryl methyl sites for hydroxylation is 2. The van der Waals surface area contributed by atoms with Gasteiger partial charge < -0.3 is 0 Å². The average Bonchev–Trinajstić information content (AvgIpc) is 2.43. The third-order valence-corrected chi connectivity index (χ3v) is 4.26. The molecule has 100 valence electrons. The number of rotatable bonds is 4. The summed E-state index contributed by atoms with van der Waals surface area (Å²) in [5.41, 5.74) is 8.81. The van der Waals surface area contributed by atoms with Gasteiger partial charge in [-0.3, -0.25) is 0 Å². The Hall–Kier alpha value is -1.56. The van der Waals surface area contributed by atoms with Crippen LogP contribution >= 0.6 is 0 Å². The van der Waals surface area contributed by atoms with Crippen LogP contribution in [-0.4, -0.2) is 0 Å². The quantitative estimate of drug-likeness (QED) is 0.717. The van der Waals surface area contributed by atoms with E-state index in [9.17, 15) is 0 Å². The van der Waals surface area contributed by atoms with Crippen LogP contribution in [0.5, 0.6) is 0 Å². The first-order valence-electron chi connectivity index (χ1n) is 7.32. The molecule has 0 nitrogen and oxygen atoms in total. The Labute approximate surface area is 117 Å². The summed E-state index contributed by atoms with van der Waals surface area (Å²) in [6.07, 6.45) is 3.29. The summed E-state index contributed by atoms with van der Waals surface area (Å²) < 4.78 is 0. The molecule has 0 N–H and O–H groups in total. The van der Waals surface area contributed by atoms with Crippen LogP contribution in [0, 0.1) is 13.8 Å². The van der Waals surface area contributed by atoms with Gasteiger partial charge in [-0.25, -0.2) is 0 Å². The van der Waals surface area contributed by atoms with Crippen LogP contribution in [0.15, 0.2) is 36.4 Å². The topological polar surface area (TPSA) is 0 Å². The minimum absolute atomic E-state index is 1.05. The second kappa shape index (κ2) is 6.06. The van der Waals surface area contributed by atoms with E-state index in [2.05, 4.69) is 64.1 Å². The fraction of sp³-hybridized carbons (Fsp3) is 0.368. The molecule has 0 amide bonds. The molecule has 0 aromatic heterocycles. The highest BCUT2D eigenvalue weighted by Crippen LogP contribution is 2.22. The minimum Gasteiger partial charge on any atom is -0.0617 e. The van der Waals surface area contributed by atoms with Crippen molar-refractivity contribution in [2.75, 3.05) is 0 Å². The summed E-state index contributed by atoms with van der Waals surface area (Å²) >= 11 is 0. The summed E-state index contributed by atoms with van der Waals surface area (Å²) in [5, 5.41) is 0. The van der Waals surface area contributed by atoms with Crippen LogP contribution in [0.1, 0.15) is 47.2 Å². The van der Waals surface area contributed by atoms with E-state index in [4.69, 9.17) is 0 Å². The molecule has 0 atom stereocenters. The van der Waals surface area contributed by atoms with E-state index in [-0.39, 0.29) is 0 Å². The molecule has 2 aromatic carbocycles. The molecule has 19 heavy (non-hydrogen) atoms. The SMILES string of the molecule is CCc1cccc(Cc2cccc(CC)c2C)c1C. The Morgan fingerprint density at radius 1 is 0.632 bits per heavy atom. The molecule has 0 heterocycles. The zero-order valence-electron chi connectivity index (χ0n) is 12.6. The molecule has 2 rings (SSSR count). The van der Waals surface area contributed by atoms with Gasteiger partial charge in [0.1, 0.15) is 0 Å². The van der Waals surface area contributed by atoms with Gasteiger partial charge in [0.15, 0.2) is 0 Å². The van der Waals surface area contributed by atoms with E-state index in [0.29, 0.717) is 0 Å². The minimum atomic E-state index is 1.05. The van der Waals surface area contributed by atoms with Gasteiger partial charge in [-0.2, -0.15) is 0 Å². The zero-order valence-corrected chi connectivity index (χ0v) is 12.6. The standard InChI is InChI=1S/C19H24/c1-5-16-9-7-11-18(14(16)3)13-19-12-8-10-17(6-2)15(19)4/h7-12H,5-6,13H2,1-4H3. The Kier molecular flexibility index (Phi) is 4.42. The lowest BCUT2D eigenvalue weighted by Crippen LogP contribution is -1.99. The van der Waals surface area contributed by atoms with Crippen LogP contribution in [0.4, 0.5) is 0 Å². The molecular formula is C19H24. The predicted molar refractivity (Wildman–Crippen MR) is 83.9 cm³/mol. The third kappa shape index (κ3) is 2.89. The first-order chi connectivity index (χ1) is 9.17. The second-order valence-corrected chi connectivity index (χ2v) is 5.29. The lowest BCUT2D eigenvalue weighted by atomic mass is 9.92. The number of hydrogen-bond acceptors (Lipinski definition) is 0. The Morgan fingerprint density at radius 2 is 1.00 bits per heavy atom. The maximum atomic E-state index is 2.27. The molecule has 0 bridgehead atoms.